The van der Waals surface area contributed by atoms with Gasteiger partial charge in [-0.15, -0.1) is 12.4 Å². The van der Waals surface area contributed by atoms with Gasteiger partial charge >= 0.3 is 0 Å². The standard InChI is InChI=1S/C8H6N4O2.ClH/c9-7(14)4-2-11-8-5(6(4)13)1-10-3-12-8;/h1-3H,(H2,9,14)(H,10,11,12,13);1H. The summed E-state index contributed by atoms with van der Waals surface area (Å²) in [6, 6.07) is 0. The highest BCUT2D eigenvalue weighted by molar-refractivity contribution is 5.95. The van der Waals surface area contributed by atoms with Crippen LogP contribution >= 0.6 is 12.4 Å². The molecule has 0 atom stereocenters. The van der Waals surface area contributed by atoms with E-state index >= 15 is 0 Å². The quantitative estimate of drug-likeness (QED) is 0.705. The second kappa shape index (κ2) is 4.05. The van der Waals surface area contributed by atoms with Gasteiger partial charge in [0, 0.05) is 12.4 Å². The van der Waals surface area contributed by atoms with Gasteiger partial charge in [0.25, 0.3) is 5.91 Å². The van der Waals surface area contributed by atoms with Crippen LogP contribution in [0, 0.1) is 0 Å². The molecule has 15 heavy (non-hydrogen) atoms. The Morgan fingerprint density at radius 1 is 1.47 bits per heavy atom. The van der Waals surface area contributed by atoms with Crippen LogP contribution < -0.4 is 11.2 Å². The van der Waals surface area contributed by atoms with Crippen molar-refractivity contribution in [2.24, 2.45) is 5.73 Å². The van der Waals surface area contributed by atoms with E-state index in [4.69, 9.17) is 5.73 Å². The molecule has 78 valence electrons. The molecule has 0 bridgehead atoms. The maximum Gasteiger partial charge on any atom is 0.254 e. The SMILES string of the molecule is Cl.NC(=O)c1c[nH]c2ncncc2c1=O. The predicted molar refractivity (Wildman–Crippen MR) is 55.9 cm³/mol. The Morgan fingerprint density at radius 2 is 2.20 bits per heavy atom. The summed E-state index contributed by atoms with van der Waals surface area (Å²) in [5.41, 5.74) is 4.85. The number of hydrogen-bond acceptors (Lipinski definition) is 4. The molecule has 2 heterocycles. The number of halogens is 1. The maximum atomic E-state index is 11.6. The van der Waals surface area contributed by atoms with Gasteiger partial charge in [-0.05, 0) is 0 Å². The highest BCUT2D eigenvalue weighted by Crippen LogP contribution is 2.01. The molecule has 7 heteroatoms. The number of carbonyl (C=O) groups excluding carboxylic acids is 1. The van der Waals surface area contributed by atoms with Crippen LogP contribution in [0.15, 0.2) is 23.5 Å². The van der Waals surface area contributed by atoms with Gasteiger partial charge in [-0.25, -0.2) is 9.97 Å². The molecule has 2 aromatic heterocycles. The Kier molecular flexibility index (Phi) is 3.01. The number of rotatable bonds is 1. The van der Waals surface area contributed by atoms with Crippen LogP contribution in [0.5, 0.6) is 0 Å². The van der Waals surface area contributed by atoms with Crippen molar-refractivity contribution in [2.45, 2.75) is 0 Å². The number of amides is 1. The second-order valence-electron chi connectivity index (χ2n) is 2.68. The molecule has 0 saturated carbocycles. The summed E-state index contributed by atoms with van der Waals surface area (Å²) in [5.74, 6) is -0.767. The molecule has 1 amide bonds. The number of fused-ring (bicyclic) bond motifs is 1. The highest BCUT2D eigenvalue weighted by Gasteiger charge is 2.09. The van der Waals surface area contributed by atoms with Crippen LogP contribution in [0.25, 0.3) is 11.0 Å². The van der Waals surface area contributed by atoms with Crippen molar-refractivity contribution in [1.29, 1.82) is 0 Å². The Morgan fingerprint density at radius 3 is 2.87 bits per heavy atom. The molecule has 0 aliphatic heterocycles. The van der Waals surface area contributed by atoms with Gasteiger partial charge in [-0.2, -0.15) is 0 Å². The van der Waals surface area contributed by atoms with Crippen molar-refractivity contribution in [3.8, 4) is 0 Å². The van der Waals surface area contributed by atoms with E-state index in [2.05, 4.69) is 15.0 Å². The van der Waals surface area contributed by atoms with Crippen molar-refractivity contribution in [1.82, 2.24) is 15.0 Å². The number of H-pyrrole nitrogens is 1. The van der Waals surface area contributed by atoms with Gasteiger partial charge < -0.3 is 10.7 Å². The number of nitrogens with two attached hydrogens (primary N) is 1. The van der Waals surface area contributed by atoms with Gasteiger partial charge in [0.2, 0.25) is 5.43 Å². The number of pyridine rings is 1. The fourth-order valence-electron chi connectivity index (χ4n) is 1.14. The average molecular weight is 227 g/mol. The van der Waals surface area contributed by atoms with Crippen molar-refractivity contribution < 1.29 is 4.79 Å². The first-order chi connectivity index (χ1) is 6.70. The topological polar surface area (TPSA) is 102 Å². The number of aromatic nitrogens is 3. The minimum atomic E-state index is -0.767. The van der Waals surface area contributed by atoms with Crippen LogP contribution in [-0.2, 0) is 0 Å². The normalized spacial score (nSPS) is 9.60. The molecule has 0 spiro atoms. The average Bonchev–Trinajstić information content (AvgIpc) is 2.18. The zero-order valence-electron chi connectivity index (χ0n) is 7.43. The molecule has 0 unspecified atom stereocenters. The van der Waals surface area contributed by atoms with Crippen molar-refractivity contribution in [3.05, 3.63) is 34.5 Å². The fourth-order valence-corrected chi connectivity index (χ4v) is 1.14. The molecule has 0 fully saturated rings. The molecule has 0 aliphatic carbocycles. The van der Waals surface area contributed by atoms with Crippen LogP contribution in [0.3, 0.4) is 0 Å². The van der Waals surface area contributed by atoms with Crippen LogP contribution in [-0.4, -0.2) is 20.9 Å². The van der Waals surface area contributed by atoms with Gasteiger partial charge in [0.1, 0.15) is 17.5 Å². The Hall–Kier alpha value is -1.95. The van der Waals surface area contributed by atoms with Gasteiger partial charge in [-0.3, -0.25) is 9.59 Å². The molecule has 0 aromatic carbocycles. The predicted octanol–water partition coefficient (Wildman–Crippen LogP) is -0.161. The van der Waals surface area contributed by atoms with E-state index in [-0.39, 0.29) is 23.4 Å². The molecule has 2 rings (SSSR count). The third kappa shape index (κ3) is 1.79. The summed E-state index contributed by atoms with van der Waals surface area (Å²) < 4.78 is 0. The fraction of sp³-hybridized carbons (Fsp3) is 0. The Bertz CT molecular complexity index is 566. The van der Waals surface area contributed by atoms with Gasteiger partial charge in [0.05, 0.1) is 5.39 Å². The van der Waals surface area contributed by atoms with Crippen molar-refractivity contribution in [2.75, 3.05) is 0 Å². The lowest BCUT2D eigenvalue weighted by Gasteiger charge is -1.97. The minimum absolute atomic E-state index is 0. The largest absolute Gasteiger partial charge is 0.365 e. The van der Waals surface area contributed by atoms with E-state index in [9.17, 15) is 9.59 Å². The Labute approximate surface area is 90.0 Å². The lowest BCUT2D eigenvalue weighted by atomic mass is 10.2. The van der Waals surface area contributed by atoms with Crippen LogP contribution in [0.4, 0.5) is 0 Å². The summed E-state index contributed by atoms with van der Waals surface area (Å²) in [5, 5.41) is 0.254. The van der Waals surface area contributed by atoms with Crippen LogP contribution in [0.1, 0.15) is 10.4 Å². The van der Waals surface area contributed by atoms with Gasteiger partial charge in [-0.1, -0.05) is 0 Å². The number of hydrogen-bond donors (Lipinski definition) is 2. The van der Waals surface area contributed by atoms with E-state index in [1.807, 2.05) is 0 Å². The first-order valence-corrected chi connectivity index (χ1v) is 3.81. The van der Waals surface area contributed by atoms with E-state index in [1.165, 1.54) is 18.7 Å². The Balaban J connectivity index is 0.00000112. The summed E-state index contributed by atoms with van der Waals surface area (Å²) >= 11 is 0. The van der Waals surface area contributed by atoms with E-state index < -0.39 is 11.3 Å². The van der Waals surface area contributed by atoms with Gasteiger partial charge in [0.15, 0.2) is 0 Å². The summed E-state index contributed by atoms with van der Waals surface area (Å²) in [4.78, 5) is 32.6. The number of nitrogens with zero attached hydrogens (tertiary/aromatic N) is 2. The molecular formula is C8H7ClN4O2. The molecule has 0 saturated heterocycles. The minimum Gasteiger partial charge on any atom is -0.365 e. The monoisotopic (exact) mass is 226 g/mol. The smallest absolute Gasteiger partial charge is 0.254 e. The van der Waals surface area contributed by atoms with Crippen molar-refractivity contribution >= 4 is 29.3 Å². The maximum absolute atomic E-state index is 11.6. The second-order valence-corrected chi connectivity index (χ2v) is 2.68. The molecule has 0 aliphatic rings. The third-order valence-electron chi connectivity index (χ3n) is 1.82. The number of nitrogens with one attached hydrogen (secondary N) is 1. The third-order valence-corrected chi connectivity index (χ3v) is 1.82. The molecule has 3 N–H and O–H groups in total. The van der Waals surface area contributed by atoms with E-state index in [1.54, 1.807) is 0 Å². The first kappa shape index (κ1) is 11.1. The van der Waals surface area contributed by atoms with Crippen LogP contribution in [0.2, 0.25) is 0 Å². The lowest BCUT2D eigenvalue weighted by molar-refractivity contribution is 0.0999. The first-order valence-electron chi connectivity index (χ1n) is 3.81. The van der Waals surface area contributed by atoms with E-state index in [0.717, 1.165) is 0 Å². The number of primary amides is 1. The summed E-state index contributed by atoms with van der Waals surface area (Å²) in [6.45, 7) is 0. The zero-order valence-corrected chi connectivity index (χ0v) is 8.25. The molecule has 2 aromatic rings. The van der Waals surface area contributed by atoms with E-state index in [0.29, 0.717) is 5.65 Å². The highest BCUT2D eigenvalue weighted by atomic mass is 35.5. The van der Waals surface area contributed by atoms with Crippen molar-refractivity contribution in [3.63, 3.8) is 0 Å². The lowest BCUT2D eigenvalue weighted by Crippen LogP contribution is -2.22. The molecule has 6 nitrogen and oxygen atoms in total. The summed E-state index contributed by atoms with van der Waals surface area (Å²) in [6.07, 6.45) is 3.90. The molecule has 0 radical (unpaired) electrons. The molecular weight excluding hydrogens is 220 g/mol. The number of aromatic amines is 1. The zero-order chi connectivity index (χ0) is 10.1. The summed E-state index contributed by atoms with van der Waals surface area (Å²) in [7, 11) is 0. The number of carbonyl (C=O) groups is 1.